The molecule has 0 N–H and O–H groups in total. The smallest absolute Gasteiger partial charge is 0.0788 e. The van der Waals surface area contributed by atoms with Gasteiger partial charge in [0.1, 0.15) is 0 Å². The summed E-state index contributed by atoms with van der Waals surface area (Å²) >= 11 is 0. The lowest BCUT2D eigenvalue weighted by molar-refractivity contribution is 0.861. The van der Waals surface area contributed by atoms with Gasteiger partial charge in [-0.1, -0.05) is 183 Å². The molecule has 4 nitrogen and oxygen atoms in total. The average Bonchev–Trinajstić information content (AvgIpc) is 4.15. The molecule has 0 radical (unpaired) electrons. The van der Waals surface area contributed by atoms with E-state index in [0.717, 1.165) is 40.2 Å². The van der Waals surface area contributed by atoms with Crippen LogP contribution in [0, 0.1) is 6.92 Å². The van der Waals surface area contributed by atoms with Crippen LogP contribution in [0.25, 0.3) is 111 Å². The predicted octanol–water partition coefficient (Wildman–Crippen LogP) is 17.6. The summed E-state index contributed by atoms with van der Waals surface area (Å²) in [5, 5.41) is 8.61. The third-order valence-corrected chi connectivity index (χ3v) is 15.0. The Balaban J connectivity index is 1.05. The molecular weight excluding hydrogens is 861 g/mol. The summed E-state index contributed by atoms with van der Waals surface area (Å²) < 4.78 is 9.98. The highest BCUT2D eigenvalue weighted by Gasteiger charge is 2.27. The van der Waals surface area contributed by atoms with Crippen molar-refractivity contribution in [1.29, 1.82) is 0 Å². The zero-order chi connectivity index (χ0) is 47.2. The summed E-state index contributed by atoms with van der Waals surface area (Å²) in [6, 6.07) is 77.9. The quantitative estimate of drug-likeness (QED) is 0.135. The van der Waals surface area contributed by atoms with E-state index in [2.05, 4.69) is 268 Å². The van der Waals surface area contributed by atoms with Gasteiger partial charge in [-0.2, -0.15) is 0 Å². The fourth-order valence-electron chi connectivity index (χ4n) is 12.0. The van der Waals surface area contributed by atoms with Gasteiger partial charge in [-0.15, -0.1) is 0 Å². The summed E-state index contributed by atoms with van der Waals surface area (Å²) in [5.41, 5.74) is 19.1. The van der Waals surface area contributed by atoms with Crippen molar-refractivity contribution in [2.24, 2.45) is 0 Å². The number of hydrogen-bond acceptors (Lipinski definition) is 0. The number of nitrogens with zero attached hydrogens (tertiary/aromatic N) is 4. The van der Waals surface area contributed by atoms with Gasteiger partial charge < -0.3 is 18.3 Å². The normalized spacial score (nSPS) is 14.2. The molecule has 1 aliphatic rings. The van der Waals surface area contributed by atoms with Crippen molar-refractivity contribution in [2.75, 3.05) is 0 Å². The van der Waals surface area contributed by atoms with Crippen molar-refractivity contribution in [3.8, 4) is 17.1 Å². The third kappa shape index (κ3) is 6.24. The number of rotatable bonds is 8. The first-order valence-corrected chi connectivity index (χ1v) is 24.7. The average molecular weight is 909 g/mol. The van der Waals surface area contributed by atoms with E-state index in [9.17, 15) is 0 Å². The number of allylic oxidation sites excluding steroid dienone is 6. The van der Waals surface area contributed by atoms with Crippen LogP contribution in [0.5, 0.6) is 0 Å². The second kappa shape index (κ2) is 16.3. The maximum Gasteiger partial charge on any atom is 0.0788 e. The zero-order valence-corrected chi connectivity index (χ0v) is 39.4. The molecule has 4 aromatic heterocycles. The molecule has 336 valence electrons. The SMILES string of the molecule is C=C/C=C\c1c(C)c2ccc3c(c4ccccc4n3-c3cccc(-n4c5ccccc5c5ccc6c7ccccc7n(-c7ccccc7)c6c54)c3)c2n1C1=CC(c2ccccc2)CC(c2ccccc2)=C1. The molecule has 9 aromatic carbocycles. The molecule has 0 spiro atoms. The molecule has 0 amide bonds. The Hall–Kier alpha value is -9.12. The van der Waals surface area contributed by atoms with Crippen LogP contribution < -0.4 is 0 Å². The van der Waals surface area contributed by atoms with Gasteiger partial charge >= 0.3 is 0 Å². The van der Waals surface area contributed by atoms with E-state index in [-0.39, 0.29) is 5.92 Å². The molecule has 71 heavy (non-hydrogen) atoms. The first-order chi connectivity index (χ1) is 35.1. The topological polar surface area (TPSA) is 19.7 Å². The third-order valence-electron chi connectivity index (χ3n) is 15.0. The molecule has 0 fully saturated rings. The van der Waals surface area contributed by atoms with Crippen LogP contribution in [0.2, 0.25) is 0 Å². The molecule has 13 aromatic rings. The van der Waals surface area contributed by atoms with E-state index >= 15 is 0 Å². The van der Waals surface area contributed by atoms with Crippen LogP contribution in [0.4, 0.5) is 0 Å². The van der Waals surface area contributed by atoms with E-state index in [4.69, 9.17) is 0 Å². The molecule has 4 heterocycles. The summed E-state index contributed by atoms with van der Waals surface area (Å²) in [4.78, 5) is 0. The first kappa shape index (κ1) is 40.9. The van der Waals surface area contributed by atoms with Crippen molar-refractivity contribution in [3.63, 3.8) is 0 Å². The number of fused-ring (bicyclic) bond motifs is 12. The number of aryl methyl sites for hydroxylation is 1. The molecule has 1 unspecified atom stereocenters. The molecule has 1 aliphatic carbocycles. The molecule has 0 saturated carbocycles. The largest absolute Gasteiger partial charge is 0.309 e. The second-order valence-electron chi connectivity index (χ2n) is 18.9. The van der Waals surface area contributed by atoms with Gasteiger partial charge in [0.05, 0.1) is 38.6 Å². The fraction of sp³-hybridized carbons (Fsp3) is 0.0448. The van der Waals surface area contributed by atoms with Gasteiger partial charge in [-0.3, -0.25) is 0 Å². The van der Waals surface area contributed by atoms with Gasteiger partial charge in [0.25, 0.3) is 0 Å². The van der Waals surface area contributed by atoms with Gasteiger partial charge in [-0.25, -0.2) is 0 Å². The Morgan fingerprint density at radius 2 is 0.986 bits per heavy atom. The Morgan fingerprint density at radius 3 is 1.65 bits per heavy atom. The predicted molar refractivity (Wildman–Crippen MR) is 301 cm³/mol. The van der Waals surface area contributed by atoms with Gasteiger partial charge in [-0.05, 0) is 102 Å². The second-order valence-corrected chi connectivity index (χ2v) is 18.9. The van der Waals surface area contributed by atoms with E-state index in [1.807, 2.05) is 6.08 Å². The molecule has 0 aliphatic heterocycles. The zero-order valence-electron chi connectivity index (χ0n) is 39.4. The summed E-state index contributed by atoms with van der Waals surface area (Å²) in [7, 11) is 0. The summed E-state index contributed by atoms with van der Waals surface area (Å²) in [6.07, 6.45) is 12.0. The summed E-state index contributed by atoms with van der Waals surface area (Å²) in [6.45, 7) is 6.38. The molecule has 1 atom stereocenters. The van der Waals surface area contributed by atoms with Crippen LogP contribution in [-0.4, -0.2) is 18.3 Å². The van der Waals surface area contributed by atoms with Crippen molar-refractivity contribution in [1.82, 2.24) is 18.3 Å². The molecule has 0 bridgehead atoms. The van der Waals surface area contributed by atoms with E-state index in [0.29, 0.717) is 0 Å². The maximum absolute atomic E-state index is 4.11. The highest BCUT2D eigenvalue weighted by molar-refractivity contribution is 6.25. The first-order valence-electron chi connectivity index (χ1n) is 24.7. The van der Waals surface area contributed by atoms with E-state index < -0.39 is 0 Å². The van der Waals surface area contributed by atoms with Crippen LogP contribution in [0.15, 0.2) is 243 Å². The van der Waals surface area contributed by atoms with Crippen molar-refractivity contribution in [2.45, 2.75) is 19.3 Å². The van der Waals surface area contributed by atoms with E-state index in [1.165, 1.54) is 93.2 Å². The van der Waals surface area contributed by atoms with E-state index in [1.54, 1.807) is 0 Å². The molecule has 14 rings (SSSR count). The number of para-hydroxylation sites is 4. The minimum absolute atomic E-state index is 0.194. The number of benzene rings is 9. The van der Waals surface area contributed by atoms with Crippen LogP contribution >= 0.6 is 0 Å². The van der Waals surface area contributed by atoms with Crippen LogP contribution in [0.1, 0.15) is 34.7 Å². The number of hydrogen-bond donors (Lipinski definition) is 0. The maximum atomic E-state index is 4.11. The lowest BCUT2D eigenvalue weighted by Crippen LogP contribution is -2.08. The molecule has 4 heteroatoms. The highest BCUT2D eigenvalue weighted by Crippen LogP contribution is 2.46. The Kier molecular flexibility index (Phi) is 9.37. The van der Waals surface area contributed by atoms with Crippen molar-refractivity contribution >= 4 is 93.7 Å². The molecule has 0 saturated heterocycles. The minimum Gasteiger partial charge on any atom is -0.309 e. The standard InChI is InChI=1S/C67H48N4/c1-3-4-32-59-44(2)53-38-39-63-64(65(53)71(59)52-41-47(45-21-8-5-9-22-45)40-48(42-52)46-23-10-6-11-24-46)58-31-16-19-35-62(58)68(63)50-27-20-28-51(43-50)70-61-34-18-15-30-55(61)57-37-36-56-54-29-14-17-33-60(54)69(66(56)67(57)70)49-25-12-7-13-26-49/h3-39,41-43,47H,1,40H2,2H3/b32-4-. The molecular formula is C67H48N4. The Labute approximate surface area is 411 Å². The fourth-order valence-corrected chi connectivity index (χ4v) is 12.0. The van der Waals surface area contributed by atoms with Gasteiger partial charge in [0.15, 0.2) is 0 Å². The summed E-state index contributed by atoms with van der Waals surface area (Å²) in [5.74, 6) is 0.194. The van der Waals surface area contributed by atoms with Crippen LogP contribution in [0.3, 0.4) is 0 Å². The lowest BCUT2D eigenvalue weighted by atomic mass is 9.84. The monoisotopic (exact) mass is 908 g/mol. The van der Waals surface area contributed by atoms with Crippen molar-refractivity contribution < 1.29 is 0 Å². The highest BCUT2D eigenvalue weighted by atomic mass is 15.1. The van der Waals surface area contributed by atoms with Gasteiger partial charge in [0.2, 0.25) is 0 Å². The Morgan fingerprint density at radius 1 is 0.451 bits per heavy atom. The van der Waals surface area contributed by atoms with Crippen LogP contribution in [-0.2, 0) is 0 Å². The lowest BCUT2D eigenvalue weighted by Gasteiger charge is -2.25. The Bertz CT molecular complexity index is 4380. The number of aromatic nitrogens is 4. The minimum atomic E-state index is 0.194. The van der Waals surface area contributed by atoms with Gasteiger partial charge in [0, 0.05) is 72.1 Å². The van der Waals surface area contributed by atoms with Crippen molar-refractivity contribution in [3.05, 3.63) is 266 Å².